The summed E-state index contributed by atoms with van der Waals surface area (Å²) in [5, 5.41) is 12.8. The number of amides is 2. The molecule has 0 bridgehead atoms. The van der Waals surface area contributed by atoms with E-state index in [-0.39, 0.29) is 17.7 Å². The zero-order valence-electron chi connectivity index (χ0n) is 14.1. The average Bonchev–Trinajstić information content (AvgIpc) is 3.30. The molecule has 0 spiro atoms. The molecule has 6 nitrogen and oxygen atoms in total. The van der Waals surface area contributed by atoms with Crippen LogP contribution in [0.4, 0.5) is 10.8 Å². The van der Waals surface area contributed by atoms with E-state index in [4.69, 9.17) is 11.6 Å². The number of rotatable bonds is 4. The van der Waals surface area contributed by atoms with Gasteiger partial charge in [0.15, 0.2) is 0 Å². The van der Waals surface area contributed by atoms with Gasteiger partial charge in [-0.05, 0) is 36.4 Å². The molecule has 2 aromatic carbocycles. The van der Waals surface area contributed by atoms with Crippen molar-refractivity contribution in [2.24, 2.45) is 0 Å². The van der Waals surface area contributed by atoms with Crippen LogP contribution in [0.3, 0.4) is 0 Å². The molecule has 1 aromatic heterocycles. The highest BCUT2D eigenvalue weighted by molar-refractivity contribution is 7.15. The molecule has 8 heteroatoms. The van der Waals surface area contributed by atoms with E-state index in [0.717, 1.165) is 10.7 Å². The Bertz CT molecular complexity index is 975. The van der Waals surface area contributed by atoms with E-state index in [0.29, 0.717) is 28.7 Å². The van der Waals surface area contributed by atoms with Crippen molar-refractivity contribution in [3.63, 3.8) is 0 Å². The lowest BCUT2D eigenvalue weighted by molar-refractivity contribution is -0.117. The van der Waals surface area contributed by atoms with Gasteiger partial charge in [-0.2, -0.15) is 0 Å². The Hall–Kier alpha value is -2.77. The SMILES string of the molecule is O=C(Nc1nnc([C@@H]2CC(=O)N(c3ccc(Cl)cc3)C2)s1)c1ccccc1. The molecule has 0 saturated carbocycles. The number of aromatic nitrogens is 2. The number of halogens is 1. The maximum atomic E-state index is 12.4. The second kappa shape index (κ2) is 7.46. The lowest BCUT2D eigenvalue weighted by atomic mass is 10.1. The van der Waals surface area contributed by atoms with Crippen LogP contribution in [0.15, 0.2) is 54.6 Å². The average molecular weight is 399 g/mol. The Morgan fingerprint density at radius 3 is 2.59 bits per heavy atom. The van der Waals surface area contributed by atoms with Gasteiger partial charge in [0.05, 0.1) is 0 Å². The molecule has 3 aromatic rings. The van der Waals surface area contributed by atoms with Gasteiger partial charge in [-0.25, -0.2) is 0 Å². The van der Waals surface area contributed by atoms with Crippen molar-refractivity contribution in [3.05, 3.63) is 70.2 Å². The summed E-state index contributed by atoms with van der Waals surface area (Å²) in [4.78, 5) is 26.3. The number of carbonyl (C=O) groups is 2. The molecule has 27 heavy (non-hydrogen) atoms. The van der Waals surface area contributed by atoms with Gasteiger partial charge >= 0.3 is 0 Å². The summed E-state index contributed by atoms with van der Waals surface area (Å²) in [6.07, 6.45) is 0.365. The normalized spacial score (nSPS) is 16.6. The molecule has 2 heterocycles. The molecule has 1 aliphatic rings. The van der Waals surface area contributed by atoms with E-state index in [9.17, 15) is 9.59 Å². The van der Waals surface area contributed by atoms with Crippen molar-refractivity contribution in [3.8, 4) is 0 Å². The summed E-state index contributed by atoms with van der Waals surface area (Å²) in [5.41, 5.74) is 1.37. The number of benzene rings is 2. The summed E-state index contributed by atoms with van der Waals surface area (Å²) in [5.74, 6) is -0.246. The number of nitrogens with one attached hydrogen (secondary N) is 1. The smallest absolute Gasteiger partial charge is 0.257 e. The summed E-state index contributed by atoms with van der Waals surface area (Å²) in [7, 11) is 0. The maximum Gasteiger partial charge on any atom is 0.257 e. The summed E-state index contributed by atoms with van der Waals surface area (Å²) in [6.45, 7) is 0.529. The van der Waals surface area contributed by atoms with Gasteiger partial charge in [-0.15, -0.1) is 10.2 Å². The summed E-state index contributed by atoms with van der Waals surface area (Å²) < 4.78 is 0. The molecule has 1 aliphatic heterocycles. The van der Waals surface area contributed by atoms with Crippen LogP contribution in [0.2, 0.25) is 5.02 Å². The molecule has 2 amide bonds. The van der Waals surface area contributed by atoms with Crippen LogP contribution in [0, 0.1) is 0 Å². The molecule has 1 fully saturated rings. The number of hydrogen-bond acceptors (Lipinski definition) is 5. The van der Waals surface area contributed by atoms with Crippen molar-refractivity contribution in [2.45, 2.75) is 12.3 Å². The van der Waals surface area contributed by atoms with Crippen molar-refractivity contribution in [1.82, 2.24) is 10.2 Å². The van der Waals surface area contributed by atoms with Gasteiger partial charge in [0.2, 0.25) is 11.0 Å². The van der Waals surface area contributed by atoms with Gasteiger partial charge in [-0.1, -0.05) is 41.1 Å². The number of carbonyl (C=O) groups excluding carboxylic acids is 2. The molecule has 0 radical (unpaired) electrons. The van der Waals surface area contributed by atoms with Gasteiger partial charge in [0, 0.05) is 35.2 Å². The molecule has 4 rings (SSSR count). The minimum atomic E-state index is -0.233. The molecule has 0 aliphatic carbocycles. The first kappa shape index (κ1) is 17.6. The van der Waals surface area contributed by atoms with Crippen LogP contribution in [0.1, 0.15) is 27.7 Å². The first-order valence-corrected chi connectivity index (χ1v) is 9.55. The van der Waals surface area contributed by atoms with Gasteiger partial charge < -0.3 is 4.90 Å². The Morgan fingerprint density at radius 2 is 1.85 bits per heavy atom. The molecule has 1 saturated heterocycles. The standard InChI is InChI=1S/C19H15ClN4O2S/c20-14-6-8-15(9-7-14)24-11-13(10-16(24)25)18-22-23-19(27-18)21-17(26)12-4-2-1-3-5-12/h1-9,13H,10-11H2,(H,21,23,26)/t13-/m1/s1. The van der Waals surface area contributed by atoms with Crippen molar-refractivity contribution in [2.75, 3.05) is 16.8 Å². The fourth-order valence-electron chi connectivity index (χ4n) is 2.95. The lowest BCUT2D eigenvalue weighted by Crippen LogP contribution is -2.24. The van der Waals surface area contributed by atoms with E-state index in [1.54, 1.807) is 41.3 Å². The van der Waals surface area contributed by atoms with Crippen LogP contribution in [-0.2, 0) is 4.79 Å². The third-order valence-corrected chi connectivity index (χ3v) is 5.56. The van der Waals surface area contributed by atoms with Crippen LogP contribution in [0.5, 0.6) is 0 Å². The lowest BCUT2D eigenvalue weighted by Gasteiger charge is -2.16. The summed E-state index contributed by atoms with van der Waals surface area (Å²) in [6, 6.07) is 16.1. The monoisotopic (exact) mass is 398 g/mol. The zero-order valence-corrected chi connectivity index (χ0v) is 15.7. The number of nitrogens with zero attached hydrogens (tertiary/aromatic N) is 3. The Balaban J connectivity index is 1.45. The van der Waals surface area contributed by atoms with E-state index >= 15 is 0 Å². The minimum Gasteiger partial charge on any atom is -0.312 e. The van der Waals surface area contributed by atoms with Crippen LogP contribution >= 0.6 is 22.9 Å². The molecule has 1 atom stereocenters. The van der Waals surface area contributed by atoms with Gasteiger partial charge in [-0.3, -0.25) is 14.9 Å². The first-order chi connectivity index (χ1) is 13.1. The fourth-order valence-corrected chi connectivity index (χ4v) is 3.91. The second-order valence-corrected chi connectivity index (χ2v) is 7.59. The first-order valence-electron chi connectivity index (χ1n) is 8.36. The third kappa shape index (κ3) is 3.84. The second-order valence-electron chi connectivity index (χ2n) is 6.15. The molecular weight excluding hydrogens is 384 g/mol. The Morgan fingerprint density at radius 1 is 1.11 bits per heavy atom. The highest BCUT2D eigenvalue weighted by Crippen LogP contribution is 2.34. The van der Waals surface area contributed by atoms with Crippen molar-refractivity contribution >= 4 is 45.6 Å². The number of hydrogen-bond donors (Lipinski definition) is 1. The highest BCUT2D eigenvalue weighted by Gasteiger charge is 2.34. The van der Waals surface area contributed by atoms with E-state index in [2.05, 4.69) is 15.5 Å². The predicted octanol–water partition coefficient (Wildman–Crippen LogP) is 3.96. The zero-order chi connectivity index (χ0) is 18.8. The Labute approximate surface area is 164 Å². The summed E-state index contributed by atoms with van der Waals surface area (Å²) >= 11 is 7.21. The van der Waals surface area contributed by atoms with E-state index in [1.165, 1.54) is 11.3 Å². The van der Waals surface area contributed by atoms with E-state index < -0.39 is 0 Å². The Kier molecular flexibility index (Phi) is 4.87. The molecular formula is C19H15ClN4O2S. The number of anilines is 2. The molecule has 1 N–H and O–H groups in total. The maximum absolute atomic E-state index is 12.4. The van der Waals surface area contributed by atoms with Crippen LogP contribution < -0.4 is 10.2 Å². The molecule has 136 valence electrons. The predicted molar refractivity (Wildman–Crippen MR) is 105 cm³/mol. The van der Waals surface area contributed by atoms with E-state index in [1.807, 2.05) is 18.2 Å². The van der Waals surface area contributed by atoms with Crippen molar-refractivity contribution in [1.29, 1.82) is 0 Å². The quantitative estimate of drug-likeness (QED) is 0.721. The van der Waals surface area contributed by atoms with Gasteiger partial charge in [0.1, 0.15) is 5.01 Å². The topological polar surface area (TPSA) is 75.2 Å². The molecule has 0 unspecified atom stereocenters. The third-order valence-electron chi connectivity index (χ3n) is 4.31. The van der Waals surface area contributed by atoms with Crippen LogP contribution in [-0.4, -0.2) is 28.6 Å². The fraction of sp³-hybridized carbons (Fsp3) is 0.158. The van der Waals surface area contributed by atoms with Crippen LogP contribution in [0.25, 0.3) is 0 Å². The minimum absolute atomic E-state index is 0.0346. The largest absolute Gasteiger partial charge is 0.312 e. The van der Waals surface area contributed by atoms with Crippen molar-refractivity contribution < 1.29 is 9.59 Å². The van der Waals surface area contributed by atoms with Gasteiger partial charge in [0.25, 0.3) is 5.91 Å². The highest BCUT2D eigenvalue weighted by atomic mass is 35.5.